The van der Waals surface area contributed by atoms with Gasteiger partial charge < -0.3 is 25.5 Å². The minimum atomic E-state index is -0.549. The summed E-state index contributed by atoms with van der Waals surface area (Å²) in [5.41, 5.74) is 5.60. The largest absolute Gasteiger partial charge is 0.494 e. The molecule has 0 radical (unpaired) electrons. The van der Waals surface area contributed by atoms with Crippen LogP contribution in [0.5, 0.6) is 5.75 Å². The van der Waals surface area contributed by atoms with Crippen molar-refractivity contribution in [2.24, 2.45) is 7.05 Å². The Morgan fingerprint density at radius 2 is 2.00 bits per heavy atom. The normalized spacial score (nSPS) is 17.8. The second kappa shape index (κ2) is 9.30. The van der Waals surface area contributed by atoms with Crippen LogP contribution in [0, 0.1) is 0 Å². The third-order valence-corrected chi connectivity index (χ3v) is 6.89. The Morgan fingerprint density at radius 1 is 1.16 bits per heavy atom. The van der Waals surface area contributed by atoms with Crippen LogP contribution in [0.25, 0.3) is 44.3 Å². The van der Waals surface area contributed by atoms with E-state index in [1.165, 1.54) is 0 Å². The lowest BCUT2D eigenvalue weighted by Gasteiger charge is -2.29. The van der Waals surface area contributed by atoms with Crippen molar-refractivity contribution in [2.75, 3.05) is 20.2 Å². The van der Waals surface area contributed by atoms with Gasteiger partial charge in [0.25, 0.3) is 5.91 Å². The van der Waals surface area contributed by atoms with Crippen LogP contribution in [-0.4, -0.2) is 68.1 Å². The molecule has 0 spiro atoms. The molecular formula is C27H27N7O3. The van der Waals surface area contributed by atoms with Crippen molar-refractivity contribution in [3.05, 3.63) is 60.7 Å². The molecular weight excluding hydrogens is 470 g/mol. The van der Waals surface area contributed by atoms with Crippen molar-refractivity contribution >= 4 is 27.8 Å². The molecule has 5 aromatic rings. The van der Waals surface area contributed by atoms with Gasteiger partial charge in [-0.2, -0.15) is 5.10 Å². The Balaban J connectivity index is 1.41. The number of methoxy groups -OCH3 is 1. The number of carbonyl (C=O) groups excluding carboxylic acids is 1. The molecule has 4 aromatic heterocycles. The minimum Gasteiger partial charge on any atom is -0.494 e. The number of H-pyrrole nitrogens is 1. The van der Waals surface area contributed by atoms with Crippen LogP contribution >= 0.6 is 0 Å². The Hall–Kier alpha value is -4.28. The fourth-order valence-corrected chi connectivity index (χ4v) is 4.92. The summed E-state index contributed by atoms with van der Waals surface area (Å²) in [4.78, 5) is 25.4. The number of carbonyl (C=O) groups is 1. The molecule has 0 saturated carbocycles. The number of rotatable bonds is 5. The molecule has 0 aliphatic carbocycles. The molecule has 1 aliphatic heterocycles. The molecule has 10 heteroatoms. The zero-order valence-electron chi connectivity index (χ0n) is 20.5. The van der Waals surface area contributed by atoms with Crippen molar-refractivity contribution in [2.45, 2.75) is 18.6 Å². The summed E-state index contributed by atoms with van der Waals surface area (Å²) in [5, 5.41) is 22.5. The second-order valence-corrected chi connectivity index (χ2v) is 9.29. The lowest BCUT2D eigenvalue weighted by Crippen LogP contribution is -2.53. The van der Waals surface area contributed by atoms with Crippen molar-refractivity contribution < 1.29 is 14.6 Å². The third kappa shape index (κ3) is 4.20. The van der Waals surface area contributed by atoms with Gasteiger partial charge in [0.15, 0.2) is 0 Å². The highest BCUT2D eigenvalue weighted by Crippen LogP contribution is 2.40. The molecule has 1 aliphatic rings. The Morgan fingerprint density at radius 3 is 2.73 bits per heavy atom. The number of aromatic amines is 1. The van der Waals surface area contributed by atoms with Gasteiger partial charge in [-0.1, -0.05) is 12.1 Å². The number of aliphatic hydroxyl groups is 1. The van der Waals surface area contributed by atoms with E-state index in [1.54, 1.807) is 42.5 Å². The van der Waals surface area contributed by atoms with Gasteiger partial charge in [-0.15, -0.1) is 0 Å². The lowest BCUT2D eigenvalue weighted by molar-refractivity contribution is 0.0755. The van der Waals surface area contributed by atoms with Crippen molar-refractivity contribution in [1.82, 2.24) is 35.4 Å². The predicted octanol–water partition coefficient (Wildman–Crippen LogP) is 2.64. The van der Waals surface area contributed by atoms with E-state index in [4.69, 9.17) is 4.74 Å². The number of fused-ring (bicyclic) bond motifs is 3. The lowest BCUT2D eigenvalue weighted by atomic mass is 9.98. The number of piperidine rings is 1. The van der Waals surface area contributed by atoms with Crippen LogP contribution in [0.4, 0.5) is 0 Å². The first kappa shape index (κ1) is 23.1. The van der Waals surface area contributed by atoms with Gasteiger partial charge in [-0.3, -0.25) is 14.5 Å². The average molecular weight is 498 g/mol. The van der Waals surface area contributed by atoms with Gasteiger partial charge in [0.05, 0.1) is 49.1 Å². The molecule has 37 heavy (non-hydrogen) atoms. The first-order valence-corrected chi connectivity index (χ1v) is 12.2. The first-order chi connectivity index (χ1) is 18.0. The number of aliphatic hydroxyl groups excluding tert-OH is 1. The number of nitrogens with zero attached hydrogens (tertiary/aromatic N) is 4. The quantitative estimate of drug-likeness (QED) is 0.294. The summed E-state index contributed by atoms with van der Waals surface area (Å²) in [5.74, 6) is 0.409. The summed E-state index contributed by atoms with van der Waals surface area (Å²) in [6.45, 7) is 1.30. The molecule has 188 valence electrons. The molecule has 4 N–H and O–H groups in total. The van der Waals surface area contributed by atoms with Gasteiger partial charge in [0, 0.05) is 47.3 Å². The maximum absolute atomic E-state index is 12.8. The number of nitrogens with one attached hydrogen (secondary N) is 3. The topological polar surface area (TPSA) is 130 Å². The maximum Gasteiger partial charge on any atom is 0.251 e. The summed E-state index contributed by atoms with van der Waals surface area (Å²) in [7, 11) is 3.49. The number of amides is 1. The number of benzene rings is 1. The van der Waals surface area contributed by atoms with E-state index >= 15 is 0 Å². The number of aryl methyl sites for hydroxylation is 1. The zero-order valence-corrected chi connectivity index (χ0v) is 20.5. The fraction of sp³-hybridized carbons (Fsp3) is 0.259. The molecule has 1 aromatic carbocycles. The van der Waals surface area contributed by atoms with Gasteiger partial charge in [0.1, 0.15) is 11.4 Å². The van der Waals surface area contributed by atoms with Crippen molar-refractivity contribution in [3.8, 4) is 28.1 Å². The number of hydrogen-bond donors (Lipinski definition) is 4. The highest BCUT2D eigenvalue weighted by molar-refractivity contribution is 6.14. The van der Waals surface area contributed by atoms with Gasteiger partial charge >= 0.3 is 0 Å². The highest BCUT2D eigenvalue weighted by atomic mass is 16.5. The van der Waals surface area contributed by atoms with E-state index in [9.17, 15) is 9.90 Å². The van der Waals surface area contributed by atoms with E-state index in [2.05, 4.69) is 30.7 Å². The number of ether oxygens (including phenoxy) is 1. The zero-order chi connectivity index (χ0) is 25.5. The summed E-state index contributed by atoms with van der Waals surface area (Å²) in [6.07, 6.45) is 7.28. The summed E-state index contributed by atoms with van der Waals surface area (Å²) in [6, 6.07) is 9.11. The molecule has 6 rings (SSSR count). The molecule has 5 heterocycles. The summed E-state index contributed by atoms with van der Waals surface area (Å²) < 4.78 is 7.46. The van der Waals surface area contributed by atoms with E-state index < -0.39 is 6.10 Å². The van der Waals surface area contributed by atoms with E-state index in [-0.39, 0.29) is 11.9 Å². The monoisotopic (exact) mass is 497 g/mol. The molecule has 1 fully saturated rings. The molecule has 0 unspecified atom stereocenters. The predicted molar refractivity (Wildman–Crippen MR) is 140 cm³/mol. The van der Waals surface area contributed by atoms with E-state index in [1.807, 2.05) is 31.4 Å². The Kier molecular flexibility index (Phi) is 5.82. The SMILES string of the molecule is COc1cnc2[nH]c3cnc(-c4cnn(C)c4)cc3c2c1-c1ccc(C(=O)N[C@@H]2CNCC[C@@H]2O)cc1. The van der Waals surface area contributed by atoms with Crippen LogP contribution in [-0.2, 0) is 7.05 Å². The molecule has 1 saturated heterocycles. The third-order valence-electron chi connectivity index (χ3n) is 6.89. The van der Waals surface area contributed by atoms with Crippen LogP contribution in [0.2, 0.25) is 0 Å². The standard InChI is InChI=1S/C27H27N7O3/c1-34-14-17(10-31-34)19-9-18-20(12-29-19)32-26-25(18)24(23(37-2)13-30-26)15-3-5-16(6-4-15)27(36)33-21-11-28-8-7-22(21)35/h3-6,9-10,12-14,21-22,28,35H,7-8,11H2,1-2H3,(H,30,32)(H,33,36)/t21-,22+/m1/s1. The van der Waals surface area contributed by atoms with Crippen molar-refractivity contribution in [1.29, 1.82) is 0 Å². The highest BCUT2D eigenvalue weighted by Gasteiger charge is 2.25. The average Bonchev–Trinajstić information content (AvgIpc) is 3.52. The number of pyridine rings is 2. The number of hydrogen-bond acceptors (Lipinski definition) is 7. The van der Waals surface area contributed by atoms with Crippen LogP contribution in [0.15, 0.2) is 55.1 Å². The first-order valence-electron chi connectivity index (χ1n) is 12.2. The van der Waals surface area contributed by atoms with Gasteiger partial charge in [0.2, 0.25) is 0 Å². The Bertz CT molecular complexity index is 1610. The number of aromatic nitrogens is 5. The van der Waals surface area contributed by atoms with E-state index in [0.29, 0.717) is 24.3 Å². The van der Waals surface area contributed by atoms with Crippen LogP contribution in [0.1, 0.15) is 16.8 Å². The van der Waals surface area contributed by atoms with Gasteiger partial charge in [-0.05, 0) is 36.7 Å². The van der Waals surface area contributed by atoms with Gasteiger partial charge in [-0.25, -0.2) is 4.98 Å². The Labute approximate surface area is 212 Å². The minimum absolute atomic E-state index is 0.217. The summed E-state index contributed by atoms with van der Waals surface area (Å²) >= 11 is 0. The fourth-order valence-electron chi connectivity index (χ4n) is 4.92. The molecule has 10 nitrogen and oxygen atoms in total. The van der Waals surface area contributed by atoms with Crippen LogP contribution in [0.3, 0.4) is 0 Å². The van der Waals surface area contributed by atoms with Crippen LogP contribution < -0.4 is 15.4 Å². The second-order valence-electron chi connectivity index (χ2n) is 9.29. The smallest absolute Gasteiger partial charge is 0.251 e. The molecule has 1 amide bonds. The van der Waals surface area contributed by atoms with Crippen molar-refractivity contribution in [3.63, 3.8) is 0 Å². The molecule has 2 atom stereocenters. The molecule has 0 bridgehead atoms. The van der Waals surface area contributed by atoms with E-state index in [0.717, 1.165) is 50.9 Å². The maximum atomic E-state index is 12.8.